The zero-order valence-electron chi connectivity index (χ0n) is 13.0. The second-order valence-electron chi connectivity index (χ2n) is 5.43. The van der Waals surface area contributed by atoms with Crippen LogP contribution in [0.25, 0.3) is 0 Å². The standard InChI is InChI=1S/C16H22N4O/c1-11(2)20(14-7-5-13(10-17)6-8-14)16(21)15-9-12(3)18-19(15)4/h5-9,11H,10,17H2,1-4H3. The van der Waals surface area contributed by atoms with Crippen LogP contribution in [0.5, 0.6) is 0 Å². The summed E-state index contributed by atoms with van der Waals surface area (Å²) in [6.07, 6.45) is 0. The van der Waals surface area contributed by atoms with E-state index in [2.05, 4.69) is 5.10 Å². The third-order valence-corrected chi connectivity index (χ3v) is 3.41. The molecule has 0 saturated carbocycles. The number of carbonyl (C=O) groups excluding carboxylic acids is 1. The predicted octanol–water partition coefficient (Wildman–Crippen LogP) is 2.24. The second kappa shape index (κ2) is 6.10. The van der Waals surface area contributed by atoms with Crippen LogP contribution in [0.1, 0.15) is 35.6 Å². The number of rotatable bonds is 4. The van der Waals surface area contributed by atoms with Crippen LogP contribution >= 0.6 is 0 Å². The third kappa shape index (κ3) is 3.13. The molecule has 1 aromatic carbocycles. The van der Waals surface area contributed by atoms with E-state index in [1.807, 2.05) is 51.1 Å². The number of nitrogens with two attached hydrogens (primary N) is 1. The van der Waals surface area contributed by atoms with Crippen molar-refractivity contribution in [1.82, 2.24) is 9.78 Å². The van der Waals surface area contributed by atoms with Crippen molar-refractivity contribution in [2.24, 2.45) is 12.8 Å². The highest BCUT2D eigenvalue weighted by Gasteiger charge is 2.23. The molecule has 0 aliphatic carbocycles. The Morgan fingerprint density at radius 2 is 1.95 bits per heavy atom. The smallest absolute Gasteiger partial charge is 0.276 e. The first-order valence-electron chi connectivity index (χ1n) is 7.07. The lowest BCUT2D eigenvalue weighted by atomic mass is 10.1. The third-order valence-electron chi connectivity index (χ3n) is 3.41. The molecule has 0 fully saturated rings. The summed E-state index contributed by atoms with van der Waals surface area (Å²) in [7, 11) is 1.79. The molecule has 0 aliphatic heterocycles. The molecule has 0 spiro atoms. The molecule has 0 atom stereocenters. The number of aryl methyl sites for hydroxylation is 2. The molecule has 0 aliphatic rings. The van der Waals surface area contributed by atoms with Crippen molar-refractivity contribution >= 4 is 11.6 Å². The molecule has 2 N–H and O–H groups in total. The summed E-state index contributed by atoms with van der Waals surface area (Å²) in [5, 5.41) is 4.25. The van der Waals surface area contributed by atoms with E-state index in [1.54, 1.807) is 16.6 Å². The molecule has 2 aromatic rings. The lowest BCUT2D eigenvalue weighted by molar-refractivity contribution is 0.0971. The van der Waals surface area contributed by atoms with Crippen LogP contribution in [0, 0.1) is 6.92 Å². The van der Waals surface area contributed by atoms with Crippen LogP contribution < -0.4 is 10.6 Å². The van der Waals surface area contributed by atoms with E-state index in [9.17, 15) is 4.79 Å². The molecule has 0 saturated heterocycles. The Balaban J connectivity index is 2.38. The Labute approximate surface area is 125 Å². The van der Waals surface area contributed by atoms with Crippen molar-refractivity contribution in [2.45, 2.75) is 33.4 Å². The zero-order chi connectivity index (χ0) is 15.6. The molecule has 1 amide bonds. The molecule has 112 valence electrons. The van der Waals surface area contributed by atoms with Gasteiger partial charge in [0.1, 0.15) is 5.69 Å². The van der Waals surface area contributed by atoms with E-state index < -0.39 is 0 Å². The van der Waals surface area contributed by atoms with Crippen molar-refractivity contribution < 1.29 is 4.79 Å². The maximum absolute atomic E-state index is 12.8. The van der Waals surface area contributed by atoms with Gasteiger partial charge in [0.25, 0.3) is 5.91 Å². The molecule has 5 nitrogen and oxygen atoms in total. The molecule has 0 bridgehead atoms. The largest absolute Gasteiger partial charge is 0.326 e. The number of carbonyl (C=O) groups is 1. The van der Waals surface area contributed by atoms with Gasteiger partial charge in [-0.2, -0.15) is 5.10 Å². The Kier molecular flexibility index (Phi) is 4.43. The summed E-state index contributed by atoms with van der Waals surface area (Å²) in [5.41, 5.74) is 8.95. The van der Waals surface area contributed by atoms with Crippen LogP contribution in [0.2, 0.25) is 0 Å². The summed E-state index contributed by atoms with van der Waals surface area (Å²) in [5.74, 6) is -0.0476. The molecule has 21 heavy (non-hydrogen) atoms. The maximum Gasteiger partial charge on any atom is 0.276 e. The molecule has 0 unspecified atom stereocenters. The van der Waals surface area contributed by atoms with Gasteiger partial charge in [0, 0.05) is 25.3 Å². The van der Waals surface area contributed by atoms with Crippen molar-refractivity contribution in [3.63, 3.8) is 0 Å². The summed E-state index contributed by atoms with van der Waals surface area (Å²) >= 11 is 0. The zero-order valence-corrected chi connectivity index (χ0v) is 13.0. The number of anilines is 1. The normalized spacial score (nSPS) is 11.0. The predicted molar refractivity (Wildman–Crippen MR) is 84.2 cm³/mol. The summed E-state index contributed by atoms with van der Waals surface area (Å²) < 4.78 is 1.63. The minimum atomic E-state index is -0.0476. The maximum atomic E-state index is 12.8. The van der Waals surface area contributed by atoms with Crippen molar-refractivity contribution in [2.75, 3.05) is 4.90 Å². The minimum Gasteiger partial charge on any atom is -0.326 e. The first kappa shape index (κ1) is 15.3. The molecule has 5 heteroatoms. The number of nitrogens with zero attached hydrogens (tertiary/aromatic N) is 3. The van der Waals surface area contributed by atoms with Gasteiger partial charge in [-0.3, -0.25) is 9.48 Å². The van der Waals surface area contributed by atoms with Gasteiger partial charge in [-0.25, -0.2) is 0 Å². The van der Waals surface area contributed by atoms with Gasteiger partial charge in [-0.05, 0) is 44.5 Å². The monoisotopic (exact) mass is 286 g/mol. The van der Waals surface area contributed by atoms with E-state index in [-0.39, 0.29) is 11.9 Å². The SMILES string of the molecule is Cc1cc(C(=O)N(c2ccc(CN)cc2)C(C)C)n(C)n1. The fourth-order valence-electron chi connectivity index (χ4n) is 2.38. The number of hydrogen-bond donors (Lipinski definition) is 1. The molecular weight excluding hydrogens is 264 g/mol. The highest BCUT2D eigenvalue weighted by atomic mass is 16.2. The van der Waals surface area contributed by atoms with Crippen LogP contribution in [0.15, 0.2) is 30.3 Å². The van der Waals surface area contributed by atoms with Crippen LogP contribution in [0.3, 0.4) is 0 Å². The van der Waals surface area contributed by atoms with E-state index in [0.717, 1.165) is 16.9 Å². The van der Waals surface area contributed by atoms with E-state index in [1.165, 1.54) is 0 Å². The van der Waals surface area contributed by atoms with E-state index >= 15 is 0 Å². The summed E-state index contributed by atoms with van der Waals surface area (Å²) in [6.45, 7) is 6.37. The Bertz CT molecular complexity index is 628. The highest BCUT2D eigenvalue weighted by molar-refractivity contribution is 6.05. The van der Waals surface area contributed by atoms with Gasteiger partial charge in [0.2, 0.25) is 0 Å². The molecule has 2 rings (SSSR count). The van der Waals surface area contributed by atoms with Crippen LogP contribution in [0.4, 0.5) is 5.69 Å². The number of amides is 1. The van der Waals surface area contributed by atoms with Crippen LogP contribution in [-0.4, -0.2) is 21.7 Å². The Morgan fingerprint density at radius 3 is 2.38 bits per heavy atom. The molecule has 1 heterocycles. The lowest BCUT2D eigenvalue weighted by Gasteiger charge is -2.27. The van der Waals surface area contributed by atoms with Gasteiger partial charge < -0.3 is 10.6 Å². The summed E-state index contributed by atoms with van der Waals surface area (Å²) in [4.78, 5) is 14.6. The molecule has 0 radical (unpaired) electrons. The van der Waals surface area contributed by atoms with E-state index in [0.29, 0.717) is 12.2 Å². The highest BCUT2D eigenvalue weighted by Crippen LogP contribution is 2.21. The number of benzene rings is 1. The van der Waals surface area contributed by atoms with Gasteiger partial charge >= 0.3 is 0 Å². The lowest BCUT2D eigenvalue weighted by Crippen LogP contribution is -2.38. The van der Waals surface area contributed by atoms with E-state index in [4.69, 9.17) is 5.73 Å². The molecular formula is C16H22N4O. The Hall–Kier alpha value is -2.14. The van der Waals surface area contributed by atoms with Gasteiger partial charge in [-0.1, -0.05) is 12.1 Å². The second-order valence-corrected chi connectivity index (χ2v) is 5.43. The van der Waals surface area contributed by atoms with Gasteiger partial charge in [0.15, 0.2) is 0 Å². The van der Waals surface area contributed by atoms with Crippen molar-refractivity contribution in [3.05, 3.63) is 47.3 Å². The average Bonchev–Trinajstić information content (AvgIpc) is 2.78. The fraction of sp³-hybridized carbons (Fsp3) is 0.375. The van der Waals surface area contributed by atoms with Gasteiger partial charge in [0.05, 0.1) is 5.69 Å². The molecule has 1 aromatic heterocycles. The first-order valence-corrected chi connectivity index (χ1v) is 7.07. The number of aromatic nitrogens is 2. The van der Waals surface area contributed by atoms with Crippen molar-refractivity contribution in [3.8, 4) is 0 Å². The number of hydrogen-bond acceptors (Lipinski definition) is 3. The van der Waals surface area contributed by atoms with Gasteiger partial charge in [-0.15, -0.1) is 0 Å². The topological polar surface area (TPSA) is 64.2 Å². The van der Waals surface area contributed by atoms with Crippen molar-refractivity contribution in [1.29, 1.82) is 0 Å². The summed E-state index contributed by atoms with van der Waals surface area (Å²) in [6, 6.07) is 9.63. The average molecular weight is 286 g/mol. The fourth-order valence-corrected chi connectivity index (χ4v) is 2.38. The quantitative estimate of drug-likeness (QED) is 0.937. The Morgan fingerprint density at radius 1 is 1.33 bits per heavy atom. The minimum absolute atomic E-state index is 0.0476. The van der Waals surface area contributed by atoms with Crippen LogP contribution in [-0.2, 0) is 13.6 Å². The first-order chi connectivity index (χ1) is 9.93.